The van der Waals surface area contributed by atoms with Crippen LogP contribution >= 0.6 is 0 Å². The highest BCUT2D eigenvalue weighted by molar-refractivity contribution is 6.01. The number of aliphatic hydroxyl groups excluding tert-OH is 5. The van der Waals surface area contributed by atoms with Gasteiger partial charge in [0.2, 0.25) is 0 Å². The minimum atomic E-state index is -1.81. The van der Waals surface area contributed by atoms with E-state index in [1.165, 1.54) is 18.2 Å². The molecule has 3 aromatic rings. The molecule has 1 aromatic heterocycles. The highest BCUT2D eigenvalue weighted by Gasteiger charge is 2.30. The lowest BCUT2D eigenvalue weighted by atomic mass is 9.98. The number of hydrogen-bond acceptors (Lipinski definition) is 8. The van der Waals surface area contributed by atoms with Crippen molar-refractivity contribution >= 4 is 34.4 Å². The Hall–Kier alpha value is -4.01. The molecule has 3 rings (SSSR count). The van der Waals surface area contributed by atoms with E-state index in [1.54, 1.807) is 35.9 Å². The van der Waals surface area contributed by atoms with E-state index in [9.17, 15) is 35.1 Å². The predicted octanol–water partition coefficient (Wildman–Crippen LogP) is -1.39. The number of nitrogens with zero attached hydrogens (tertiary/aromatic N) is 2. The molecule has 37 heavy (non-hydrogen) atoms. The molecule has 0 bridgehead atoms. The van der Waals surface area contributed by atoms with Gasteiger partial charge in [0.1, 0.15) is 24.0 Å². The summed E-state index contributed by atoms with van der Waals surface area (Å²) in [5, 5.41) is 60.7. The summed E-state index contributed by atoms with van der Waals surface area (Å²) in [7, 11) is 1.63. The first-order valence-electron chi connectivity index (χ1n) is 11.1. The summed E-state index contributed by atoms with van der Waals surface area (Å²) >= 11 is 0. The molecule has 0 aliphatic carbocycles. The average Bonchev–Trinajstić information content (AvgIpc) is 3.20. The Balaban J connectivity index is 1.88. The second-order valence-corrected chi connectivity index (χ2v) is 8.44. The number of aliphatic hydroxyl groups is 5. The Morgan fingerprint density at radius 1 is 1.00 bits per heavy atom. The van der Waals surface area contributed by atoms with Gasteiger partial charge in [0, 0.05) is 24.5 Å². The van der Waals surface area contributed by atoms with E-state index < -0.39 is 49.4 Å². The van der Waals surface area contributed by atoms with Gasteiger partial charge in [0.25, 0.3) is 5.91 Å². The molecule has 4 atom stereocenters. The summed E-state index contributed by atoms with van der Waals surface area (Å²) in [6, 6.07) is 11.1. The van der Waals surface area contributed by atoms with E-state index in [1.807, 2.05) is 0 Å². The molecule has 13 nitrogen and oxygen atoms in total. The standard InChI is InChI=1S/C24H29N5O8/c1-29-16-6-11(15-8-13(28-24(25)26)4-5-14(15)23(36)37)2-3-12(16)7-17(29)22(35)27-9-18(31)20(33)21(34)19(32)10-30/h2-8,18-21,30-34H,9-10H2,1H3,(H,27,35)(H,36,37)(H4,25,26,28)/t18-,19+,20+,21+/m0/s1. The zero-order valence-corrected chi connectivity index (χ0v) is 19.8. The lowest BCUT2D eigenvalue weighted by Gasteiger charge is -2.25. The maximum atomic E-state index is 12.8. The van der Waals surface area contributed by atoms with Crippen LogP contribution in [0.1, 0.15) is 20.8 Å². The Morgan fingerprint density at radius 3 is 2.30 bits per heavy atom. The van der Waals surface area contributed by atoms with Crippen LogP contribution in [-0.2, 0) is 7.05 Å². The Labute approximate surface area is 210 Å². The van der Waals surface area contributed by atoms with Crippen LogP contribution in [0.3, 0.4) is 0 Å². The number of carboxylic acid groups (broad SMARTS) is 1. The maximum Gasteiger partial charge on any atom is 0.336 e. The number of aliphatic imine (C=N–C) groups is 1. The summed E-state index contributed by atoms with van der Waals surface area (Å²) in [5.74, 6) is -1.92. The van der Waals surface area contributed by atoms with E-state index in [0.29, 0.717) is 27.7 Å². The van der Waals surface area contributed by atoms with Gasteiger partial charge in [-0.3, -0.25) is 4.79 Å². The van der Waals surface area contributed by atoms with Crippen molar-refractivity contribution in [2.24, 2.45) is 23.5 Å². The Morgan fingerprint density at radius 2 is 1.68 bits per heavy atom. The maximum absolute atomic E-state index is 12.8. The number of carbonyl (C=O) groups is 2. The molecule has 0 unspecified atom stereocenters. The van der Waals surface area contributed by atoms with Crippen LogP contribution in [0.5, 0.6) is 0 Å². The first-order valence-corrected chi connectivity index (χ1v) is 11.1. The van der Waals surface area contributed by atoms with Crippen molar-refractivity contribution in [3.63, 3.8) is 0 Å². The molecule has 2 aromatic carbocycles. The van der Waals surface area contributed by atoms with Crippen LogP contribution in [0.25, 0.3) is 22.0 Å². The molecule has 198 valence electrons. The van der Waals surface area contributed by atoms with Gasteiger partial charge >= 0.3 is 5.97 Å². The highest BCUT2D eigenvalue weighted by Crippen LogP contribution is 2.31. The fraction of sp³-hybridized carbons (Fsp3) is 0.292. The van der Waals surface area contributed by atoms with Gasteiger partial charge in [0.05, 0.1) is 24.0 Å². The number of rotatable bonds is 10. The highest BCUT2D eigenvalue weighted by atomic mass is 16.4. The van der Waals surface area contributed by atoms with E-state index in [-0.39, 0.29) is 17.2 Å². The monoisotopic (exact) mass is 515 g/mol. The van der Waals surface area contributed by atoms with Crippen LogP contribution in [0.4, 0.5) is 5.69 Å². The molecule has 0 aliphatic heterocycles. The summed E-state index contributed by atoms with van der Waals surface area (Å²) in [6.07, 6.45) is -6.90. The van der Waals surface area contributed by atoms with Crippen molar-refractivity contribution in [1.82, 2.24) is 9.88 Å². The second-order valence-electron chi connectivity index (χ2n) is 8.44. The Kier molecular flexibility index (Phi) is 8.47. The van der Waals surface area contributed by atoms with Gasteiger partial charge in [-0.25, -0.2) is 9.79 Å². The zero-order chi connectivity index (χ0) is 27.4. The molecule has 1 amide bonds. The number of benzene rings is 2. The van der Waals surface area contributed by atoms with Crippen LogP contribution in [-0.4, -0.2) is 90.6 Å². The van der Waals surface area contributed by atoms with E-state index in [2.05, 4.69) is 10.3 Å². The van der Waals surface area contributed by atoms with Crippen molar-refractivity contribution in [1.29, 1.82) is 0 Å². The molecule has 0 saturated carbocycles. The minimum Gasteiger partial charge on any atom is -0.478 e. The van der Waals surface area contributed by atoms with Crippen molar-refractivity contribution in [3.8, 4) is 11.1 Å². The van der Waals surface area contributed by atoms with Gasteiger partial charge < -0.3 is 52.0 Å². The first kappa shape index (κ1) is 27.6. The second kappa shape index (κ2) is 11.4. The fourth-order valence-corrected chi connectivity index (χ4v) is 3.86. The van der Waals surface area contributed by atoms with Gasteiger partial charge in [-0.05, 0) is 41.5 Å². The molecule has 0 saturated heterocycles. The number of nitrogens with one attached hydrogen (secondary N) is 1. The number of fused-ring (bicyclic) bond motifs is 1. The number of guanidine groups is 1. The molecule has 0 spiro atoms. The molecule has 0 aliphatic rings. The van der Waals surface area contributed by atoms with Crippen LogP contribution in [0.2, 0.25) is 0 Å². The topological polar surface area (TPSA) is 237 Å². The third-order valence-electron chi connectivity index (χ3n) is 5.88. The van der Waals surface area contributed by atoms with Crippen LogP contribution in [0.15, 0.2) is 47.5 Å². The van der Waals surface area contributed by atoms with E-state index >= 15 is 0 Å². The van der Waals surface area contributed by atoms with Gasteiger partial charge in [-0.1, -0.05) is 12.1 Å². The molecule has 0 fully saturated rings. The minimum absolute atomic E-state index is 0.0297. The lowest BCUT2D eigenvalue weighted by Crippen LogP contribution is -2.49. The zero-order valence-electron chi connectivity index (χ0n) is 19.8. The normalized spacial score (nSPS) is 14.5. The van der Waals surface area contributed by atoms with E-state index in [4.69, 9.17) is 16.6 Å². The average molecular weight is 516 g/mol. The molecular weight excluding hydrogens is 486 g/mol. The van der Waals surface area contributed by atoms with E-state index in [0.717, 1.165) is 0 Å². The van der Waals surface area contributed by atoms with Gasteiger partial charge in [-0.15, -0.1) is 0 Å². The number of aromatic nitrogens is 1. The summed E-state index contributed by atoms with van der Waals surface area (Å²) < 4.78 is 1.57. The number of aryl methyl sites for hydroxylation is 1. The number of carboxylic acids is 1. The van der Waals surface area contributed by atoms with Crippen molar-refractivity contribution < 1.29 is 40.2 Å². The van der Waals surface area contributed by atoms with Crippen LogP contribution < -0.4 is 16.8 Å². The summed E-state index contributed by atoms with van der Waals surface area (Å²) in [5.41, 5.74) is 13.0. The lowest BCUT2D eigenvalue weighted by molar-refractivity contribution is -0.113. The van der Waals surface area contributed by atoms with Crippen LogP contribution in [0, 0.1) is 0 Å². The Bertz CT molecular complexity index is 1330. The van der Waals surface area contributed by atoms with Crippen molar-refractivity contribution in [2.45, 2.75) is 24.4 Å². The van der Waals surface area contributed by atoms with Crippen molar-refractivity contribution in [2.75, 3.05) is 13.2 Å². The summed E-state index contributed by atoms with van der Waals surface area (Å²) in [6.45, 7) is -1.26. The van der Waals surface area contributed by atoms with Gasteiger partial charge in [0.15, 0.2) is 5.96 Å². The number of amides is 1. The number of nitrogens with two attached hydrogens (primary N) is 2. The molecule has 13 heteroatoms. The largest absolute Gasteiger partial charge is 0.478 e. The third-order valence-corrected chi connectivity index (χ3v) is 5.88. The third kappa shape index (κ3) is 6.04. The molecule has 11 N–H and O–H groups in total. The van der Waals surface area contributed by atoms with Gasteiger partial charge in [-0.2, -0.15) is 0 Å². The molecule has 1 heterocycles. The number of aromatic carboxylic acids is 1. The molecule has 0 radical (unpaired) electrons. The van der Waals surface area contributed by atoms with Crippen molar-refractivity contribution in [3.05, 3.63) is 53.7 Å². The smallest absolute Gasteiger partial charge is 0.336 e. The number of carbonyl (C=O) groups excluding carboxylic acids is 1. The quantitative estimate of drug-likeness (QED) is 0.113. The fourth-order valence-electron chi connectivity index (χ4n) is 3.86. The first-order chi connectivity index (χ1) is 17.4. The SMILES string of the molecule is Cn1c(C(=O)NC[C@H](O)[C@@H](O)[C@H](O)[C@H](O)CO)cc2ccc(-c3cc(N=C(N)N)ccc3C(=O)O)cc21. The summed E-state index contributed by atoms with van der Waals surface area (Å²) in [4.78, 5) is 28.5. The predicted molar refractivity (Wildman–Crippen MR) is 134 cm³/mol. The number of hydrogen-bond donors (Lipinski definition) is 9. The molecular formula is C24H29N5O8.